The molecule has 0 spiro atoms. The van der Waals surface area contributed by atoms with Gasteiger partial charge in [-0.2, -0.15) is 5.10 Å². The summed E-state index contributed by atoms with van der Waals surface area (Å²) in [7, 11) is 0. The Morgan fingerprint density at radius 2 is 2.33 bits per heavy atom. The van der Waals surface area contributed by atoms with Crippen molar-refractivity contribution >= 4 is 0 Å². The Morgan fingerprint density at radius 3 is 3.00 bits per heavy atom. The Labute approximate surface area is 91.1 Å². The Bertz CT molecular complexity index is 281. The third-order valence-corrected chi connectivity index (χ3v) is 2.81. The van der Waals surface area contributed by atoms with Crippen molar-refractivity contribution in [3.05, 3.63) is 12.2 Å². The van der Waals surface area contributed by atoms with E-state index in [1.54, 1.807) is 6.33 Å². The number of aryl methyl sites for hydroxylation is 1. The van der Waals surface area contributed by atoms with Crippen molar-refractivity contribution in [3.8, 4) is 0 Å². The number of nitrogens with zero attached hydrogens (tertiary/aromatic N) is 3. The molecule has 0 amide bonds. The van der Waals surface area contributed by atoms with Gasteiger partial charge in [0.15, 0.2) is 0 Å². The lowest BCUT2D eigenvalue weighted by molar-refractivity contribution is 0.494. The van der Waals surface area contributed by atoms with E-state index in [4.69, 9.17) is 0 Å². The highest BCUT2D eigenvalue weighted by Gasteiger charge is 2.21. The Morgan fingerprint density at radius 1 is 1.53 bits per heavy atom. The van der Waals surface area contributed by atoms with Crippen LogP contribution in [0.3, 0.4) is 0 Å². The lowest BCUT2D eigenvalue weighted by Crippen LogP contribution is -2.24. The third-order valence-electron chi connectivity index (χ3n) is 2.81. The molecule has 1 aromatic rings. The predicted molar refractivity (Wildman–Crippen MR) is 59.3 cm³/mol. The molecule has 4 heteroatoms. The summed E-state index contributed by atoms with van der Waals surface area (Å²) in [6, 6.07) is 0.499. The quantitative estimate of drug-likeness (QED) is 0.771. The Hall–Kier alpha value is -0.900. The van der Waals surface area contributed by atoms with Crippen LogP contribution < -0.4 is 5.32 Å². The zero-order valence-electron chi connectivity index (χ0n) is 9.61. The van der Waals surface area contributed by atoms with Crippen molar-refractivity contribution in [1.82, 2.24) is 20.1 Å². The molecule has 1 heterocycles. The molecule has 0 unspecified atom stereocenters. The fraction of sp³-hybridized carbons (Fsp3) is 0.818. The number of rotatable bonds is 6. The molecule has 1 saturated carbocycles. The van der Waals surface area contributed by atoms with Crippen molar-refractivity contribution in [2.75, 3.05) is 0 Å². The lowest BCUT2D eigenvalue weighted by atomic mass is 10.3. The monoisotopic (exact) mass is 208 g/mol. The second kappa shape index (κ2) is 4.75. The van der Waals surface area contributed by atoms with E-state index in [2.05, 4.69) is 29.2 Å². The predicted octanol–water partition coefficient (Wildman–Crippen LogP) is 1.58. The second-order valence-corrected chi connectivity index (χ2v) is 4.67. The molecule has 1 N–H and O–H groups in total. The summed E-state index contributed by atoms with van der Waals surface area (Å²) in [5.74, 6) is 2.02. The van der Waals surface area contributed by atoms with Gasteiger partial charge in [0.2, 0.25) is 0 Å². The first-order valence-electron chi connectivity index (χ1n) is 5.86. The van der Waals surface area contributed by atoms with Crippen LogP contribution in [0.2, 0.25) is 0 Å². The lowest BCUT2D eigenvalue weighted by Gasteiger charge is -2.09. The molecular weight excluding hydrogens is 188 g/mol. The maximum Gasteiger partial charge on any atom is 0.140 e. The molecule has 0 saturated heterocycles. The standard InChI is InChI=1S/C11H20N4/c1-9(2)12-7-11-13-8-14-15(11)6-5-10-3-4-10/h8-10,12H,3-7H2,1-2H3. The summed E-state index contributed by atoms with van der Waals surface area (Å²) < 4.78 is 2.04. The molecule has 0 aromatic carbocycles. The van der Waals surface area contributed by atoms with Gasteiger partial charge >= 0.3 is 0 Å². The zero-order chi connectivity index (χ0) is 10.7. The van der Waals surface area contributed by atoms with Crippen molar-refractivity contribution in [1.29, 1.82) is 0 Å². The molecule has 0 bridgehead atoms. The first-order chi connectivity index (χ1) is 7.25. The number of hydrogen-bond donors (Lipinski definition) is 1. The highest BCUT2D eigenvalue weighted by atomic mass is 15.3. The van der Waals surface area contributed by atoms with Crippen LogP contribution in [-0.4, -0.2) is 20.8 Å². The van der Waals surface area contributed by atoms with Crippen LogP contribution in [0.5, 0.6) is 0 Å². The van der Waals surface area contributed by atoms with E-state index in [0.717, 1.165) is 24.8 Å². The average Bonchev–Trinajstić information content (AvgIpc) is 2.92. The van der Waals surface area contributed by atoms with Gasteiger partial charge in [0.1, 0.15) is 12.2 Å². The largest absolute Gasteiger partial charge is 0.308 e. The van der Waals surface area contributed by atoms with Crippen LogP contribution in [0.4, 0.5) is 0 Å². The summed E-state index contributed by atoms with van der Waals surface area (Å²) >= 11 is 0. The number of aromatic nitrogens is 3. The molecule has 1 fully saturated rings. The minimum atomic E-state index is 0.499. The van der Waals surface area contributed by atoms with Crippen molar-refractivity contribution in [2.45, 2.75) is 52.2 Å². The number of nitrogens with one attached hydrogen (secondary N) is 1. The molecule has 0 aliphatic heterocycles. The van der Waals surface area contributed by atoms with Crippen LogP contribution >= 0.6 is 0 Å². The van der Waals surface area contributed by atoms with E-state index in [9.17, 15) is 0 Å². The molecule has 1 aromatic heterocycles. The van der Waals surface area contributed by atoms with Gasteiger partial charge in [-0.3, -0.25) is 0 Å². The van der Waals surface area contributed by atoms with Crippen LogP contribution in [0.1, 0.15) is 38.9 Å². The minimum absolute atomic E-state index is 0.499. The molecular formula is C11H20N4. The third kappa shape index (κ3) is 3.30. The van der Waals surface area contributed by atoms with Gasteiger partial charge in [0, 0.05) is 12.6 Å². The molecule has 1 aliphatic rings. The maximum absolute atomic E-state index is 4.28. The summed E-state index contributed by atoms with van der Waals surface area (Å²) in [5, 5.41) is 7.63. The zero-order valence-corrected chi connectivity index (χ0v) is 9.61. The summed E-state index contributed by atoms with van der Waals surface area (Å²) in [5.41, 5.74) is 0. The van der Waals surface area contributed by atoms with Crippen LogP contribution in [0.15, 0.2) is 6.33 Å². The van der Waals surface area contributed by atoms with E-state index >= 15 is 0 Å². The van der Waals surface area contributed by atoms with Crippen molar-refractivity contribution < 1.29 is 0 Å². The Kier molecular flexibility index (Phi) is 3.36. The number of hydrogen-bond acceptors (Lipinski definition) is 3. The molecule has 2 rings (SSSR count). The van der Waals surface area contributed by atoms with E-state index < -0.39 is 0 Å². The van der Waals surface area contributed by atoms with Crippen molar-refractivity contribution in [3.63, 3.8) is 0 Å². The van der Waals surface area contributed by atoms with Crippen LogP contribution in [0, 0.1) is 5.92 Å². The van der Waals surface area contributed by atoms with E-state index in [0.29, 0.717) is 6.04 Å². The van der Waals surface area contributed by atoms with Gasteiger partial charge in [0.25, 0.3) is 0 Å². The highest BCUT2D eigenvalue weighted by molar-refractivity contribution is 4.85. The SMILES string of the molecule is CC(C)NCc1ncnn1CCC1CC1. The van der Waals surface area contributed by atoms with Crippen molar-refractivity contribution in [2.24, 2.45) is 5.92 Å². The molecule has 1 aliphatic carbocycles. The Balaban J connectivity index is 1.83. The summed E-state index contributed by atoms with van der Waals surface area (Å²) in [6.07, 6.45) is 5.74. The van der Waals surface area contributed by atoms with Gasteiger partial charge in [0.05, 0.1) is 6.54 Å². The van der Waals surface area contributed by atoms with Gasteiger partial charge in [-0.1, -0.05) is 26.7 Å². The first kappa shape index (κ1) is 10.6. The summed E-state index contributed by atoms with van der Waals surface area (Å²) in [4.78, 5) is 4.28. The smallest absolute Gasteiger partial charge is 0.140 e. The molecule has 84 valence electrons. The normalized spacial score (nSPS) is 16.2. The molecule has 4 nitrogen and oxygen atoms in total. The average molecular weight is 208 g/mol. The van der Waals surface area contributed by atoms with E-state index in [-0.39, 0.29) is 0 Å². The summed E-state index contributed by atoms with van der Waals surface area (Å²) in [6.45, 7) is 6.14. The van der Waals surface area contributed by atoms with E-state index in [1.165, 1.54) is 19.3 Å². The van der Waals surface area contributed by atoms with Crippen LogP contribution in [0.25, 0.3) is 0 Å². The highest BCUT2D eigenvalue weighted by Crippen LogP contribution is 2.32. The molecule has 0 radical (unpaired) electrons. The van der Waals surface area contributed by atoms with Gasteiger partial charge in [-0.25, -0.2) is 9.67 Å². The fourth-order valence-electron chi connectivity index (χ4n) is 1.62. The maximum atomic E-state index is 4.28. The van der Waals surface area contributed by atoms with Gasteiger partial charge < -0.3 is 5.32 Å². The molecule has 0 atom stereocenters. The second-order valence-electron chi connectivity index (χ2n) is 4.67. The van der Waals surface area contributed by atoms with Gasteiger partial charge in [-0.15, -0.1) is 0 Å². The first-order valence-corrected chi connectivity index (χ1v) is 5.86. The topological polar surface area (TPSA) is 42.7 Å². The van der Waals surface area contributed by atoms with Crippen LogP contribution in [-0.2, 0) is 13.1 Å². The fourth-order valence-corrected chi connectivity index (χ4v) is 1.62. The van der Waals surface area contributed by atoms with E-state index in [1.807, 2.05) is 4.68 Å². The van der Waals surface area contributed by atoms with Gasteiger partial charge in [-0.05, 0) is 12.3 Å². The minimum Gasteiger partial charge on any atom is -0.308 e. The molecule has 15 heavy (non-hydrogen) atoms.